The van der Waals surface area contributed by atoms with Gasteiger partial charge in [0, 0.05) is 12.0 Å². The van der Waals surface area contributed by atoms with Crippen molar-refractivity contribution in [3.05, 3.63) is 41.9 Å². The third-order valence-corrected chi connectivity index (χ3v) is 3.53. The Balaban J connectivity index is 2.85. The van der Waals surface area contributed by atoms with Crippen molar-refractivity contribution < 1.29 is 13.9 Å². The molecule has 1 aromatic rings. The summed E-state index contributed by atoms with van der Waals surface area (Å²) in [5, 5.41) is 0. The van der Waals surface area contributed by atoms with E-state index in [9.17, 15) is 0 Å². The zero-order valence-corrected chi connectivity index (χ0v) is 14.4. The van der Waals surface area contributed by atoms with Gasteiger partial charge in [-0.3, -0.25) is 0 Å². The molecule has 3 nitrogen and oxygen atoms in total. The van der Waals surface area contributed by atoms with Gasteiger partial charge in [-0.2, -0.15) is 0 Å². The monoisotopic (exact) mass is 294 g/mol. The first-order chi connectivity index (χ1) is 9.35. The lowest BCUT2D eigenvalue weighted by Gasteiger charge is -2.22. The van der Waals surface area contributed by atoms with Crippen LogP contribution in [0.2, 0.25) is 19.6 Å². The van der Waals surface area contributed by atoms with E-state index in [1.165, 1.54) is 5.56 Å². The fraction of sp³-hybridized carbons (Fsp3) is 0.500. The van der Waals surface area contributed by atoms with Gasteiger partial charge in [0.2, 0.25) is 8.32 Å². The Morgan fingerprint density at radius 3 is 2.25 bits per heavy atom. The molecule has 0 aliphatic heterocycles. The van der Waals surface area contributed by atoms with E-state index in [4.69, 9.17) is 13.9 Å². The highest BCUT2D eigenvalue weighted by atomic mass is 28.4. The highest BCUT2D eigenvalue weighted by Gasteiger charge is 2.19. The molecular weight excluding hydrogens is 268 g/mol. The topological polar surface area (TPSA) is 27.7 Å². The Labute approximate surface area is 123 Å². The van der Waals surface area contributed by atoms with Crippen molar-refractivity contribution in [2.24, 2.45) is 0 Å². The van der Waals surface area contributed by atoms with E-state index in [0.29, 0.717) is 12.6 Å². The number of methoxy groups -OCH3 is 1. The number of ether oxygens (including phenoxy) is 2. The van der Waals surface area contributed by atoms with Crippen LogP contribution < -0.4 is 4.74 Å². The van der Waals surface area contributed by atoms with Crippen molar-refractivity contribution in [3.63, 3.8) is 0 Å². The molecular formula is C16H26O3Si. The molecule has 1 atom stereocenters. The van der Waals surface area contributed by atoms with Gasteiger partial charge in [-0.1, -0.05) is 19.1 Å². The molecule has 1 rings (SSSR count). The standard InChI is InChI=1S/C16H26O3Si/c1-7-18-16(19-20(4,5)6)12-13(2)14-8-10-15(17-3)11-9-14/h8-13H,7H2,1-6H3. The highest BCUT2D eigenvalue weighted by Crippen LogP contribution is 2.23. The maximum Gasteiger partial charge on any atom is 0.261 e. The van der Waals surface area contributed by atoms with E-state index in [1.54, 1.807) is 7.11 Å². The predicted molar refractivity (Wildman–Crippen MR) is 85.5 cm³/mol. The van der Waals surface area contributed by atoms with E-state index >= 15 is 0 Å². The average Bonchev–Trinajstić information content (AvgIpc) is 2.37. The van der Waals surface area contributed by atoms with E-state index in [-0.39, 0.29) is 5.92 Å². The molecule has 0 spiro atoms. The second-order valence-electron chi connectivity index (χ2n) is 5.69. The molecule has 1 unspecified atom stereocenters. The lowest BCUT2D eigenvalue weighted by molar-refractivity contribution is 0.110. The zero-order chi connectivity index (χ0) is 15.2. The van der Waals surface area contributed by atoms with Gasteiger partial charge in [0.05, 0.1) is 13.7 Å². The number of hydrogen-bond acceptors (Lipinski definition) is 3. The molecule has 0 heterocycles. The van der Waals surface area contributed by atoms with Crippen LogP contribution in [-0.2, 0) is 9.16 Å². The summed E-state index contributed by atoms with van der Waals surface area (Å²) in [5.41, 5.74) is 1.21. The molecule has 1 aromatic carbocycles. The third-order valence-electron chi connectivity index (χ3n) is 2.72. The predicted octanol–water partition coefficient (Wildman–Crippen LogP) is 4.53. The molecule has 0 aromatic heterocycles. The first kappa shape index (κ1) is 16.6. The molecule has 4 heteroatoms. The Bertz CT molecular complexity index is 432. The second-order valence-corrected chi connectivity index (χ2v) is 10.1. The first-order valence-electron chi connectivity index (χ1n) is 7.03. The van der Waals surface area contributed by atoms with Crippen molar-refractivity contribution in [1.29, 1.82) is 0 Å². The SMILES string of the molecule is CCOC(=CC(C)c1ccc(OC)cc1)O[Si](C)(C)C. The summed E-state index contributed by atoms with van der Waals surface area (Å²) in [6.45, 7) is 11.2. The van der Waals surface area contributed by atoms with Crippen LogP contribution in [0.5, 0.6) is 5.75 Å². The van der Waals surface area contributed by atoms with Crippen molar-refractivity contribution >= 4 is 8.32 Å². The molecule has 0 saturated carbocycles. The van der Waals surface area contributed by atoms with Crippen molar-refractivity contribution in [3.8, 4) is 5.75 Å². The summed E-state index contributed by atoms with van der Waals surface area (Å²) in [7, 11) is 0.0206. The van der Waals surface area contributed by atoms with Crippen LogP contribution >= 0.6 is 0 Å². The van der Waals surface area contributed by atoms with Crippen molar-refractivity contribution in [1.82, 2.24) is 0 Å². The molecule has 0 radical (unpaired) electrons. The van der Waals surface area contributed by atoms with Gasteiger partial charge >= 0.3 is 0 Å². The fourth-order valence-electron chi connectivity index (χ4n) is 1.76. The molecule has 0 fully saturated rings. The van der Waals surface area contributed by atoms with Gasteiger partial charge in [0.15, 0.2) is 0 Å². The van der Waals surface area contributed by atoms with Crippen LogP contribution in [0.3, 0.4) is 0 Å². The first-order valence-corrected chi connectivity index (χ1v) is 10.4. The zero-order valence-electron chi connectivity index (χ0n) is 13.4. The minimum atomic E-state index is -1.65. The molecule has 0 aliphatic rings. The van der Waals surface area contributed by atoms with Gasteiger partial charge in [-0.25, -0.2) is 0 Å². The van der Waals surface area contributed by atoms with Gasteiger partial charge in [-0.05, 0) is 44.3 Å². The smallest absolute Gasteiger partial charge is 0.261 e. The maximum absolute atomic E-state index is 5.97. The molecule has 112 valence electrons. The Hall–Kier alpha value is -1.42. The summed E-state index contributed by atoms with van der Waals surface area (Å²) in [4.78, 5) is 0. The number of rotatable bonds is 7. The van der Waals surface area contributed by atoms with Crippen LogP contribution in [0.4, 0.5) is 0 Å². The van der Waals surface area contributed by atoms with Crippen molar-refractivity contribution in [2.75, 3.05) is 13.7 Å². The fourth-order valence-corrected chi connectivity index (χ4v) is 2.49. The van der Waals surface area contributed by atoms with Crippen LogP contribution in [0.15, 0.2) is 36.3 Å². The molecule has 0 amide bonds. The highest BCUT2D eigenvalue weighted by molar-refractivity contribution is 6.69. The van der Waals surface area contributed by atoms with Gasteiger partial charge < -0.3 is 13.9 Å². The van der Waals surface area contributed by atoms with Crippen LogP contribution in [0.25, 0.3) is 0 Å². The van der Waals surface area contributed by atoms with E-state index in [1.807, 2.05) is 25.1 Å². The average molecular weight is 294 g/mol. The summed E-state index contributed by atoms with van der Waals surface area (Å²) >= 11 is 0. The molecule has 0 N–H and O–H groups in total. The summed E-state index contributed by atoms with van der Waals surface area (Å²) < 4.78 is 16.7. The second kappa shape index (κ2) is 7.38. The van der Waals surface area contributed by atoms with Crippen molar-refractivity contribution in [2.45, 2.75) is 39.4 Å². The van der Waals surface area contributed by atoms with Gasteiger partial charge in [-0.15, -0.1) is 0 Å². The molecule has 0 aliphatic carbocycles. The van der Waals surface area contributed by atoms with E-state index in [0.717, 1.165) is 5.75 Å². The van der Waals surface area contributed by atoms with E-state index < -0.39 is 8.32 Å². The minimum absolute atomic E-state index is 0.235. The van der Waals surface area contributed by atoms with Crippen LogP contribution in [0.1, 0.15) is 25.3 Å². The largest absolute Gasteiger partial charge is 0.520 e. The Kier molecular flexibility index (Phi) is 6.14. The summed E-state index contributed by atoms with van der Waals surface area (Å²) in [6, 6.07) is 8.08. The number of allylic oxidation sites excluding steroid dienone is 1. The minimum Gasteiger partial charge on any atom is -0.520 e. The lowest BCUT2D eigenvalue weighted by Crippen LogP contribution is -2.25. The molecule has 20 heavy (non-hydrogen) atoms. The summed E-state index contributed by atoms with van der Waals surface area (Å²) in [5.74, 6) is 1.75. The van der Waals surface area contributed by atoms with Gasteiger partial charge in [0.1, 0.15) is 5.75 Å². The Morgan fingerprint density at radius 2 is 1.80 bits per heavy atom. The molecule has 0 saturated heterocycles. The molecule has 0 bridgehead atoms. The summed E-state index contributed by atoms with van der Waals surface area (Å²) in [6.07, 6.45) is 2.05. The van der Waals surface area contributed by atoms with Crippen LogP contribution in [-0.4, -0.2) is 22.0 Å². The number of benzene rings is 1. The number of hydrogen-bond donors (Lipinski definition) is 0. The van der Waals surface area contributed by atoms with Gasteiger partial charge in [0.25, 0.3) is 5.95 Å². The van der Waals surface area contributed by atoms with E-state index in [2.05, 4.69) is 38.7 Å². The quantitative estimate of drug-likeness (QED) is 0.546. The van der Waals surface area contributed by atoms with Crippen LogP contribution in [0, 0.1) is 0 Å². The lowest BCUT2D eigenvalue weighted by atomic mass is 10.0. The maximum atomic E-state index is 5.97. The Morgan fingerprint density at radius 1 is 1.20 bits per heavy atom. The normalized spacial score (nSPS) is 13.8. The third kappa shape index (κ3) is 5.69.